The predicted octanol–water partition coefficient (Wildman–Crippen LogP) is 2.26. The van der Waals surface area contributed by atoms with Crippen molar-refractivity contribution in [3.05, 3.63) is 18.0 Å². The first-order chi connectivity index (χ1) is 12.2. The molecule has 2 amide bonds. The van der Waals surface area contributed by atoms with Crippen LogP contribution in [-0.4, -0.2) is 50.5 Å². The molecule has 2 aliphatic heterocycles. The van der Waals surface area contributed by atoms with Gasteiger partial charge in [-0.25, -0.2) is 0 Å². The Kier molecular flexibility index (Phi) is 4.52. The lowest BCUT2D eigenvalue weighted by atomic mass is 9.85. The van der Waals surface area contributed by atoms with Crippen LogP contribution < -0.4 is 0 Å². The van der Waals surface area contributed by atoms with E-state index in [0.717, 1.165) is 44.5 Å². The molecular formula is C19H28N4O2. The first-order valence-corrected chi connectivity index (χ1v) is 9.74. The summed E-state index contributed by atoms with van der Waals surface area (Å²) in [5.74, 6) is 0.312. The summed E-state index contributed by atoms with van der Waals surface area (Å²) in [6.45, 7) is 1.73. The highest BCUT2D eigenvalue weighted by molar-refractivity contribution is 5.85. The number of hydrogen-bond donors (Lipinski definition) is 0. The number of aryl methyl sites for hydroxylation is 1. The van der Waals surface area contributed by atoms with E-state index in [1.54, 1.807) is 6.20 Å². The Labute approximate surface area is 149 Å². The molecule has 0 radical (unpaired) electrons. The normalized spacial score (nSPS) is 28.1. The van der Waals surface area contributed by atoms with Crippen LogP contribution in [0.1, 0.15) is 63.1 Å². The molecule has 0 N–H and O–H groups in total. The molecule has 6 heteroatoms. The summed E-state index contributed by atoms with van der Waals surface area (Å²) in [6.07, 6.45) is 9.67. The molecule has 2 saturated heterocycles. The van der Waals surface area contributed by atoms with E-state index >= 15 is 0 Å². The molecule has 4 rings (SSSR count). The van der Waals surface area contributed by atoms with Gasteiger partial charge in [0.1, 0.15) is 0 Å². The fourth-order valence-electron chi connectivity index (χ4n) is 4.51. The molecule has 1 aromatic heterocycles. The highest BCUT2D eigenvalue weighted by Crippen LogP contribution is 2.44. The number of likely N-dealkylation sites (tertiary alicyclic amines) is 2. The molecule has 6 nitrogen and oxygen atoms in total. The number of hydrogen-bond acceptors (Lipinski definition) is 3. The van der Waals surface area contributed by atoms with Crippen molar-refractivity contribution in [2.24, 2.45) is 13.0 Å². The van der Waals surface area contributed by atoms with Crippen molar-refractivity contribution in [3.63, 3.8) is 0 Å². The Morgan fingerprint density at radius 2 is 1.84 bits per heavy atom. The predicted molar refractivity (Wildman–Crippen MR) is 93.6 cm³/mol. The van der Waals surface area contributed by atoms with Gasteiger partial charge in [0.15, 0.2) is 0 Å². The highest BCUT2D eigenvalue weighted by Gasteiger charge is 2.48. The van der Waals surface area contributed by atoms with Crippen molar-refractivity contribution in [1.82, 2.24) is 19.6 Å². The minimum absolute atomic E-state index is 0.133. The number of aromatic nitrogens is 2. The van der Waals surface area contributed by atoms with Gasteiger partial charge in [0.2, 0.25) is 11.8 Å². The second-order valence-corrected chi connectivity index (χ2v) is 7.74. The third kappa shape index (κ3) is 3.18. The lowest BCUT2D eigenvalue weighted by Crippen LogP contribution is -2.50. The molecule has 0 spiro atoms. The van der Waals surface area contributed by atoms with Gasteiger partial charge in [-0.1, -0.05) is 12.8 Å². The lowest BCUT2D eigenvalue weighted by molar-refractivity contribution is -0.149. The van der Waals surface area contributed by atoms with Crippen LogP contribution in [-0.2, 0) is 16.6 Å². The zero-order chi connectivity index (χ0) is 17.4. The van der Waals surface area contributed by atoms with Crippen molar-refractivity contribution in [2.45, 2.75) is 63.5 Å². The lowest BCUT2D eigenvalue weighted by Gasteiger charge is -2.42. The molecule has 3 heterocycles. The molecule has 1 aromatic rings. The van der Waals surface area contributed by atoms with E-state index in [4.69, 9.17) is 0 Å². The third-order valence-corrected chi connectivity index (χ3v) is 5.98. The minimum Gasteiger partial charge on any atom is -0.342 e. The number of carbonyl (C=O) groups excluding carboxylic acids is 2. The van der Waals surface area contributed by atoms with Gasteiger partial charge in [-0.15, -0.1) is 0 Å². The fourth-order valence-corrected chi connectivity index (χ4v) is 4.51. The molecule has 0 aromatic carbocycles. The van der Waals surface area contributed by atoms with Gasteiger partial charge in [0.25, 0.3) is 0 Å². The Morgan fingerprint density at radius 1 is 1.12 bits per heavy atom. The van der Waals surface area contributed by atoms with Crippen LogP contribution in [0, 0.1) is 5.92 Å². The Morgan fingerprint density at radius 3 is 2.44 bits per heavy atom. The second kappa shape index (κ2) is 6.81. The maximum absolute atomic E-state index is 13.4. The topological polar surface area (TPSA) is 58.4 Å². The van der Waals surface area contributed by atoms with Gasteiger partial charge in [0.05, 0.1) is 17.7 Å². The van der Waals surface area contributed by atoms with Gasteiger partial charge in [-0.2, -0.15) is 5.10 Å². The zero-order valence-corrected chi connectivity index (χ0v) is 15.1. The van der Waals surface area contributed by atoms with E-state index in [-0.39, 0.29) is 23.8 Å². The first kappa shape index (κ1) is 16.6. The summed E-state index contributed by atoms with van der Waals surface area (Å²) in [6, 6.07) is 2.13. The largest absolute Gasteiger partial charge is 0.342 e. The molecule has 136 valence electrons. The average molecular weight is 344 g/mol. The number of amides is 2. The van der Waals surface area contributed by atoms with E-state index in [1.165, 1.54) is 12.8 Å². The van der Waals surface area contributed by atoms with Crippen molar-refractivity contribution in [1.29, 1.82) is 0 Å². The number of rotatable bonds is 3. The summed E-state index contributed by atoms with van der Waals surface area (Å²) >= 11 is 0. The van der Waals surface area contributed by atoms with E-state index in [9.17, 15) is 9.59 Å². The summed E-state index contributed by atoms with van der Waals surface area (Å²) in [5, 5.41) is 4.31. The van der Waals surface area contributed by atoms with Crippen LogP contribution in [0.15, 0.2) is 12.3 Å². The van der Waals surface area contributed by atoms with Gasteiger partial charge in [0, 0.05) is 38.8 Å². The Bertz CT molecular complexity index is 644. The molecule has 1 saturated carbocycles. The van der Waals surface area contributed by atoms with Crippen LogP contribution in [0.3, 0.4) is 0 Å². The minimum atomic E-state index is -0.156. The first-order valence-electron chi connectivity index (χ1n) is 9.74. The SMILES string of the molecule is Cn1nccc1C1C(C(=O)N2CCCCCC2)CCC(=O)N1C1CC1. The monoisotopic (exact) mass is 344 g/mol. The molecule has 2 unspecified atom stereocenters. The molecular weight excluding hydrogens is 316 g/mol. The molecule has 3 aliphatic rings. The van der Waals surface area contributed by atoms with Crippen LogP contribution in [0.2, 0.25) is 0 Å². The Balaban J connectivity index is 1.65. The number of piperidine rings is 1. The molecule has 0 bridgehead atoms. The van der Waals surface area contributed by atoms with Gasteiger partial charge < -0.3 is 9.80 Å². The van der Waals surface area contributed by atoms with Crippen molar-refractivity contribution >= 4 is 11.8 Å². The van der Waals surface area contributed by atoms with Gasteiger partial charge in [-0.3, -0.25) is 14.3 Å². The van der Waals surface area contributed by atoms with Crippen molar-refractivity contribution < 1.29 is 9.59 Å². The molecule has 25 heavy (non-hydrogen) atoms. The van der Waals surface area contributed by atoms with Crippen LogP contribution >= 0.6 is 0 Å². The number of nitrogens with zero attached hydrogens (tertiary/aromatic N) is 4. The van der Waals surface area contributed by atoms with Crippen molar-refractivity contribution in [3.8, 4) is 0 Å². The third-order valence-electron chi connectivity index (χ3n) is 5.98. The summed E-state index contributed by atoms with van der Waals surface area (Å²) < 4.78 is 1.83. The zero-order valence-electron chi connectivity index (χ0n) is 15.1. The second-order valence-electron chi connectivity index (χ2n) is 7.74. The van der Waals surface area contributed by atoms with Crippen LogP contribution in [0.25, 0.3) is 0 Å². The smallest absolute Gasteiger partial charge is 0.228 e. The molecule has 3 fully saturated rings. The van der Waals surface area contributed by atoms with Crippen LogP contribution in [0.4, 0.5) is 0 Å². The van der Waals surface area contributed by atoms with E-state index < -0.39 is 0 Å². The summed E-state index contributed by atoms with van der Waals surface area (Å²) in [7, 11) is 1.91. The van der Waals surface area contributed by atoms with Gasteiger partial charge >= 0.3 is 0 Å². The van der Waals surface area contributed by atoms with Crippen LogP contribution in [0.5, 0.6) is 0 Å². The summed E-state index contributed by atoms with van der Waals surface area (Å²) in [4.78, 5) is 30.1. The molecule has 2 atom stereocenters. The van der Waals surface area contributed by atoms with E-state index in [1.807, 2.05) is 22.7 Å². The highest BCUT2D eigenvalue weighted by atomic mass is 16.2. The standard InChI is InChI=1S/C19H28N4O2/c1-21-16(10-11-20-21)18-15(8-9-17(24)23(18)14-6-7-14)19(25)22-12-4-2-3-5-13-22/h10-11,14-15,18H,2-9,12-13H2,1H3. The van der Waals surface area contributed by atoms with Gasteiger partial charge in [-0.05, 0) is 38.2 Å². The van der Waals surface area contributed by atoms with E-state index in [0.29, 0.717) is 18.9 Å². The maximum Gasteiger partial charge on any atom is 0.228 e. The van der Waals surface area contributed by atoms with E-state index in [2.05, 4.69) is 10.00 Å². The number of carbonyl (C=O) groups is 2. The average Bonchev–Trinajstić information content (AvgIpc) is 3.40. The maximum atomic E-state index is 13.4. The summed E-state index contributed by atoms with van der Waals surface area (Å²) in [5.41, 5.74) is 0.994. The molecule has 1 aliphatic carbocycles. The fraction of sp³-hybridized carbons (Fsp3) is 0.737. The quantitative estimate of drug-likeness (QED) is 0.845. The Hall–Kier alpha value is -1.85. The van der Waals surface area contributed by atoms with Crippen molar-refractivity contribution in [2.75, 3.05) is 13.1 Å².